The van der Waals surface area contributed by atoms with E-state index in [-0.39, 0.29) is 6.10 Å². The highest BCUT2D eigenvalue weighted by Gasteiger charge is 2.20. The number of nitrogens with one attached hydrogen (secondary N) is 1. The Balaban J connectivity index is 1.43. The average Bonchev–Trinajstić information content (AvgIpc) is 2.75. The van der Waals surface area contributed by atoms with Crippen LogP contribution in [0.25, 0.3) is 11.0 Å². The molecule has 0 atom stereocenters. The van der Waals surface area contributed by atoms with Crippen molar-refractivity contribution in [2.45, 2.75) is 37.8 Å². The van der Waals surface area contributed by atoms with Gasteiger partial charge in [-0.25, -0.2) is 4.98 Å². The third-order valence-electron chi connectivity index (χ3n) is 5.65. The summed E-state index contributed by atoms with van der Waals surface area (Å²) in [5.74, 6) is 2.10. The molecule has 4 rings (SSSR count). The van der Waals surface area contributed by atoms with Gasteiger partial charge < -0.3 is 24.6 Å². The van der Waals surface area contributed by atoms with E-state index in [4.69, 9.17) is 19.2 Å². The van der Waals surface area contributed by atoms with Gasteiger partial charge in [-0.15, -0.1) is 0 Å². The molecule has 1 saturated carbocycles. The van der Waals surface area contributed by atoms with E-state index < -0.39 is 0 Å². The van der Waals surface area contributed by atoms with Crippen molar-refractivity contribution in [2.24, 2.45) is 0 Å². The molecule has 2 N–H and O–H groups in total. The number of aliphatic hydroxyl groups is 1. The van der Waals surface area contributed by atoms with Gasteiger partial charge in [-0.05, 0) is 25.7 Å². The van der Waals surface area contributed by atoms with Gasteiger partial charge in [0.1, 0.15) is 12.4 Å². The SMILES string of the molecule is COc1cc2ncc(N[C@H]3CC[C@H](O)CC3)nc2cc1OCCN1CCOCC1. The van der Waals surface area contributed by atoms with Crippen molar-refractivity contribution < 1.29 is 19.3 Å². The van der Waals surface area contributed by atoms with E-state index in [1.54, 1.807) is 13.3 Å². The minimum absolute atomic E-state index is 0.166. The van der Waals surface area contributed by atoms with Gasteiger partial charge in [-0.2, -0.15) is 0 Å². The zero-order valence-electron chi connectivity index (χ0n) is 17.0. The van der Waals surface area contributed by atoms with E-state index in [1.165, 1.54) is 0 Å². The monoisotopic (exact) mass is 402 g/mol. The van der Waals surface area contributed by atoms with Crippen molar-refractivity contribution in [1.29, 1.82) is 0 Å². The average molecular weight is 402 g/mol. The normalized spacial score (nSPS) is 23.1. The molecule has 2 aliphatic rings. The van der Waals surface area contributed by atoms with E-state index in [0.29, 0.717) is 24.1 Å². The zero-order chi connectivity index (χ0) is 20.1. The number of aliphatic hydroxyl groups excluding tert-OH is 1. The molecule has 0 radical (unpaired) electrons. The second-order valence-electron chi connectivity index (χ2n) is 7.70. The van der Waals surface area contributed by atoms with Crippen molar-refractivity contribution in [3.05, 3.63) is 18.3 Å². The van der Waals surface area contributed by atoms with E-state index in [0.717, 1.165) is 75.4 Å². The molecule has 8 nitrogen and oxygen atoms in total. The van der Waals surface area contributed by atoms with Crippen LogP contribution in [0.15, 0.2) is 18.3 Å². The van der Waals surface area contributed by atoms with Gasteiger partial charge in [-0.3, -0.25) is 9.88 Å². The summed E-state index contributed by atoms with van der Waals surface area (Å²) in [5.41, 5.74) is 1.54. The predicted octanol–water partition coefficient (Wildman–Crippen LogP) is 2.06. The van der Waals surface area contributed by atoms with Crippen LogP contribution in [0, 0.1) is 0 Å². The van der Waals surface area contributed by atoms with Crippen LogP contribution in [0.1, 0.15) is 25.7 Å². The Labute approximate surface area is 171 Å². The molecule has 1 aliphatic carbocycles. The van der Waals surface area contributed by atoms with E-state index in [9.17, 15) is 5.11 Å². The molecular weight excluding hydrogens is 372 g/mol. The summed E-state index contributed by atoms with van der Waals surface area (Å²) in [6.45, 7) is 4.88. The fourth-order valence-electron chi connectivity index (χ4n) is 3.90. The lowest BCUT2D eigenvalue weighted by Gasteiger charge is -2.26. The summed E-state index contributed by atoms with van der Waals surface area (Å²) in [6, 6.07) is 4.09. The third-order valence-corrected chi connectivity index (χ3v) is 5.65. The Bertz CT molecular complexity index is 805. The van der Waals surface area contributed by atoms with E-state index in [2.05, 4.69) is 15.2 Å². The molecule has 1 aromatic carbocycles. The molecule has 1 aromatic heterocycles. The van der Waals surface area contributed by atoms with Crippen LogP contribution in [0.5, 0.6) is 11.5 Å². The highest BCUT2D eigenvalue weighted by Crippen LogP contribution is 2.31. The number of benzene rings is 1. The highest BCUT2D eigenvalue weighted by atomic mass is 16.5. The molecule has 1 saturated heterocycles. The number of hydrogen-bond acceptors (Lipinski definition) is 8. The number of morpholine rings is 1. The van der Waals surface area contributed by atoms with Crippen LogP contribution in [-0.4, -0.2) is 78.7 Å². The molecule has 2 aromatic rings. The van der Waals surface area contributed by atoms with Crippen molar-refractivity contribution in [1.82, 2.24) is 14.9 Å². The maximum atomic E-state index is 9.68. The number of anilines is 1. The summed E-state index contributed by atoms with van der Waals surface area (Å²) in [7, 11) is 1.64. The Morgan fingerprint density at radius 2 is 1.90 bits per heavy atom. The van der Waals surface area contributed by atoms with Gasteiger partial charge in [0.2, 0.25) is 0 Å². The van der Waals surface area contributed by atoms with Crippen LogP contribution in [0.2, 0.25) is 0 Å². The summed E-state index contributed by atoms with van der Waals surface area (Å²) in [4.78, 5) is 11.6. The number of methoxy groups -OCH3 is 1. The van der Waals surface area contributed by atoms with Gasteiger partial charge in [0, 0.05) is 37.8 Å². The fraction of sp³-hybridized carbons (Fsp3) is 0.619. The topological polar surface area (TPSA) is 89.0 Å². The lowest BCUT2D eigenvalue weighted by atomic mass is 9.93. The molecule has 0 bridgehead atoms. The number of fused-ring (bicyclic) bond motifs is 1. The molecule has 29 heavy (non-hydrogen) atoms. The number of hydrogen-bond donors (Lipinski definition) is 2. The lowest BCUT2D eigenvalue weighted by molar-refractivity contribution is 0.0321. The first-order valence-corrected chi connectivity index (χ1v) is 10.4. The number of aromatic nitrogens is 2. The molecule has 1 aliphatic heterocycles. The number of rotatable bonds is 7. The van der Waals surface area contributed by atoms with Gasteiger partial charge >= 0.3 is 0 Å². The fourth-order valence-corrected chi connectivity index (χ4v) is 3.90. The summed E-state index contributed by atoms with van der Waals surface area (Å²) in [5, 5.41) is 13.1. The maximum Gasteiger partial charge on any atom is 0.163 e. The van der Waals surface area contributed by atoms with Gasteiger partial charge in [0.25, 0.3) is 0 Å². The van der Waals surface area contributed by atoms with Gasteiger partial charge in [0.05, 0.1) is 43.7 Å². The summed E-state index contributed by atoms with van der Waals surface area (Å²) in [6.07, 6.45) is 5.14. The Morgan fingerprint density at radius 1 is 1.14 bits per heavy atom. The summed E-state index contributed by atoms with van der Waals surface area (Å²) >= 11 is 0. The molecule has 158 valence electrons. The second kappa shape index (κ2) is 9.56. The van der Waals surface area contributed by atoms with Crippen LogP contribution < -0.4 is 14.8 Å². The van der Waals surface area contributed by atoms with Crippen LogP contribution in [0.4, 0.5) is 5.82 Å². The van der Waals surface area contributed by atoms with Crippen molar-refractivity contribution in [3.8, 4) is 11.5 Å². The maximum absolute atomic E-state index is 9.68. The quantitative estimate of drug-likeness (QED) is 0.728. The van der Waals surface area contributed by atoms with Gasteiger partial charge in [-0.1, -0.05) is 0 Å². The molecule has 0 unspecified atom stereocenters. The lowest BCUT2D eigenvalue weighted by Crippen LogP contribution is -2.38. The Morgan fingerprint density at radius 3 is 2.66 bits per heavy atom. The van der Waals surface area contributed by atoms with Crippen molar-refractivity contribution >= 4 is 16.9 Å². The summed E-state index contributed by atoms with van der Waals surface area (Å²) < 4.78 is 16.9. The third kappa shape index (κ3) is 5.26. The Kier molecular flexibility index (Phi) is 6.63. The zero-order valence-corrected chi connectivity index (χ0v) is 17.0. The first-order valence-electron chi connectivity index (χ1n) is 10.4. The number of ether oxygens (including phenoxy) is 3. The first-order chi connectivity index (χ1) is 14.2. The largest absolute Gasteiger partial charge is 0.493 e. The molecule has 8 heteroatoms. The molecule has 0 amide bonds. The first kappa shape index (κ1) is 20.1. The van der Waals surface area contributed by atoms with Crippen LogP contribution in [-0.2, 0) is 4.74 Å². The van der Waals surface area contributed by atoms with Crippen molar-refractivity contribution in [2.75, 3.05) is 51.9 Å². The molecular formula is C21H30N4O4. The second-order valence-corrected chi connectivity index (χ2v) is 7.70. The van der Waals surface area contributed by atoms with Crippen molar-refractivity contribution in [3.63, 3.8) is 0 Å². The van der Waals surface area contributed by atoms with Crippen LogP contribution >= 0.6 is 0 Å². The smallest absolute Gasteiger partial charge is 0.163 e. The molecule has 2 fully saturated rings. The van der Waals surface area contributed by atoms with E-state index in [1.807, 2.05) is 12.1 Å². The highest BCUT2D eigenvalue weighted by molar-refractivity contribution is 5.80. The van der Waals surface area contributed by atoms with E-state index >= 15 is 0 Å². The Hall–Kier alpha value is -2.16. The molecule has 2 heterocycles. The minimum atomic E-state index is -0.166. The van der Waals surface area contributed by atoms with Crippen LogP contribution in [0.3, 0.4) is 0 Å². The number of nitrogens with zero attached hydrogens (tertiary/aromatic N) is 3. The van der Waals surface area contributed by atoms with Gasteiger partial charge in [0.15, 0.2) is 11.5 Å². The predicted molar refractivity (Wildman–Crippen MR) is 111 cm³/mol. The standard InChI is InChI=1S/C21H30N4O4/c1-27-19-12-17-18(13-20(19)29-11-8-25-6-9-28-10-7-25)24-21(14-22-17)23-15-2-4-16(26)5-3-15/h12-16,26H,2-11H2,1H3,(H,23,24)/t15-,16-. The minimum Gasteiger partial charge on any atom is -0.493 e. The molecule has 0 spiro atoms.